The van der Waals surface area contributed by atoms with Crippen LogP contribution in [0.4, 0.5) is 9.18 Å². The molecular weight excluding hydrogens is 643 g/mol. The molecule has 3 fully saturated rings. The van der Waals surface area contributed by atoms with Crippen molar-refractivity contribution in [2.24, 2.45) is 17.8 Å². The molecule has 276 valence electrons. The number of aliphatic hydroxyl groups excluding tert-OH is 1. The van der Waals surface area contributed by atoms with Crippen molar-refractivity contribution in [2.45, 2.75) is 128 Å². The van der Waals surface area contributed by atoms with Crippen LogP contribution in [0, 0.1) is 17.8 Å². The molecule has 4 rings (SSSR count). The highest BCUT2D eigenvalue weighted by atomic mass is 19.1. The first-order valence-corrected chi connectivity index (χ1v) is 17.2. The number of ether oxygens (including phenoxy) is 5. The molecule has 0 aromatic carbocycles. The molecule has 0 bridgehead atoms. The molecule has 4 heterocycles. The van der Waals surface area contributed by atoms with E-state index >= 15 is 4.39 Å². The standard InChI is InChI=1S/C34H53FN4O10/c1-9-37-23-15-20(3)47-30(27(23)41)49-29-22(5)28(42)34(7,35)31(43)46-17-24-25(21(4)26(40)19(2)16-33(29,6)45-8)39(32(44)48-24)13-10-12-38-14-11-36-18-38/h11,14,18-25,27,29-30,37,41H,9-10,12-13,15-17H2,1-8H3/t19-,20-,21-,22-,23+,24-,25+,27-,29-,30+,33-,34+/m1/s1. The Morgan fingerprint density at radius 1 is 1.12 bits per heavy atom. The second-order valence-electron chi connectivity index (χ2n) is 14.1. The molecule has 3 aliphatic heterocycles. The van der Waals surface area contributed by atoms with Crippen LogP contribution in [0.2, 0.25) is 0 Å². The van der Waals surface area contributed by atoms with Crippen molar-refractivity contribution in [3.8, 4) is 0 Å². The number of aryl methyl sites for hydroxylation is 1. The lowest BCUT2D eigenvalue weighted by molar-refractivity contribution is -0.290. The molecule has 0 saturated carbocycles. The maximum absolute atomic E-state index is 16.3. The number of nitrogens with zero attached hydrogens (tertiary/aromatic N) is 3. The number of alkyl halides is 1. The molecule has 0 spiro atoms. The summed E-state index contributed by atoms with van der Waals surface area (Å²) < 4.78 is 47.5. The van der Waals surface area contributed by atoms with Gasteiger partial charge < -0.3 is 43.6 Å². The molecule has 3 aliphatic rings. The lowest BCUT2D eigenvalue weighted by Gasteiger charge is -2.46. The molecule has 1 amide bonds. The zero-order valence-electron chi connectivity index (χ0n) is 29.8. The molecule has 0 radical (unpaired) electrons. The third-order valence-corrected chi connectivity index (χ3v) is 10.3. The molecule has 14 nitrogen and oxygen atoms in total. The van der Waals surface area contributed by atoms with E-state index in [4.69, 9.17) is 23.7 Å². The van der Waals surface area contributed by atoms with Gasteiger partial charge in [-0.25, -0.2) is 19.0 Å². The molecule has 3 saturated heterocycles. The summed E-state index contributed by atoms with van der Waals surface area (Å²) >= 11 is 0. The summed E-state index contributed by atoms with van der Waals surface area (Å²) in [5.41, 5.74) is -4.54. The van der Waals surface area contributed by atoms with Crippen LogP contribution in [0.3, 0.4) is 0 Å². The zero-order chi connectivity index (χ0) is 36.3. The van der Waals surface area contributed by atoms with Crippen LogP contribution >= 0.6 is 0 Å². The van der Waals surface area contributed by atoms with Gasteiger partial charge >= 0.3 is 12.1 Å². The Bertz CT molecular complexity index is 1310. The van der Waals surface area contributed by atoms with Crippen LogP contribution in [-0.4, -0.2) is 124 Å². The van der Waals surface area contributed by atoms with Gasteiger partial charge in [-0.3, -0.25) is 9.59 Å². The number of halogens is 1. The number of carbonyl (C=O) groups excluding carboxylic acids is 4. The molecule has 0 unspecified atom stereocenters. The lowest BCUT2D eigenvalue weighted by atomic mass is 9.75. The van der Waals surface area contributed by atoms with Gasteiger partial charge in [-0.05, 0) is 46.6 Å². The van der Waals surface area contributed by atoms with E-state index in [2.05, 4.69) is 10.3 Å². The number of aliphatic hydroxyl groups is 1. The predicted molar refractivity (Wildman–Crippen MR) is 173 cm³/mol. The summed E-state index contributed by atoms with van der Waals surface area (Å²) in [6, 6.07) is -1.22. The summed E-state index contributed by atoms with van der Waals surface area (Å²) in [7, 11) is 1.39. The number of aromatic nitrogens is 2. The van der Waals surface area contributed by atoms with Crippen LogP contribution in [0.15, 0.2) is 18.7 Å². The first kappa shape index (κ1) is 38.8. The van der Waals surface area contributed by atoms with Crippen molar-refractivity contribution in [2.75, 3.05) is 26.8 Å². The van der Waals surface area contributed by atoms with Crippen molar-refractivity contribution < 1.29 is 52.4 Å². The van der Waals surface area contributed by atoms with Gasteiger partial charge in [0, 0.05) is 56.4 Å². The molecule has 1 aromatic rings. The minimum absolute atomic E-state index is 0.0181. The fourth-order valence-electron chi connectivity index (χ4n) is 7.56. The number of amides is 1. The van der Waals surface area contributed by atoms with E-state index in [0.29, 0.717) is 25.9 Å². The second kappa shape index (κ2) is 15.9. The number of methoxy groups -OCH3 is 1. The van der Waals surface area contributed by atoms with Crippen molar-refractivity contribution in [1.29, 1.82) is 0 Å². The highest BCUT2D eigenvalue weighted by molar-refractivity contribution is 6.07. The summed E-state index contributed by atoms with van der Waals surface area (Å²) in [6.07, 6.45) is 0.373. The second-order valence-corrected chi connectivity index (χ2v) is 14.1. The van der Waals surface area contributed by atoms with Gasteiger partial charge in [-0.15, -0.1) is 0 Å². The number of rotatable bonds is 9. The van der Waals surface area contributed by atoms with E-state index in [1.54, 1.807) is 39.5 Å². The zero-order valence-corrected chi connectivity index (χ0v) is 29.8. The van der Waals surface area contributed by atoms with E-state index in [-0.39, 0.29) is 30.9 Å². The number of hydrogen-bond donors (Lipinski definition) is 2. The molecule has 15 heteroatoms. The van der Waals surface area contributed by atoms with Gasteiger partial charge in [-0.2, -0.15) is 0 Å². The predicted octanol–water partition coefficient (Wildman–Crippen LogP) is 2.45. The fourth-order valence-corrected chi connectivity index (χ4v) is 7.56. The summed E-state index contributed by atoms with van der Waals surface area (Å²) in [4.78, 5) is 59.9. The Labute approximate surface area is 287 Å². The van der Waals surface area contributed by atoms with E-state index in [0.717, 1.165) is 6.92 Å². The Hall–Kier alpha value is -2.98. The number of hydrogen-bond acceptors (Lipinski definition) is 12. The van der Waals surface area contributed by atoms with Crippen LogP contribution in [-0.2, 0) is 44.6 Å². The van der Waals surface area contributed by atoms with Crippen molar-refractivity contribution >= 4 is 23.6 Å². The van der Waals surface area contributed by atoms with Crippen molar-refractivity contribution in [3.05, 3.63) is 18.7 Å². The van der Waals surface area contributed by atoms with Gasteiger partial charge in [0.25, 0.3) is 5.67 Å². The highest BCUT2D eigenvalue weighted by Crippen LogP contribution is 2.39. The van der Waals surface area contributed by atoms with Crippen molar-refractivity contribution in [1.82, 2.24) is 19.8 Å². The number of cyclic esters (lactones) is 1. The van der Waals surface area contributed by atoms with Crippen LogP contribution < -0.4 is 5.32 Å². The fraction of sp³-hybridized carbons (Fsp3) is 0.794. The number of ketones is 2. The monoisotopic (exact) mass is 696 g/mol. The van der Waals surface area contributed by atoms with Gasteiger partial charge in [0.2, 0.25) is 0 Å². The van der Waals surface area contributed by atoms with E-state index in [1.165, 1.54) is 18.9 Å². The van der Waals surface area contributed by atoms with Gasteiger partial charge in [-0.1, -0.05) is 27.7 Å². The van der Waals surface area contributed by atoms with E-state index in [9.17, 15) is 24.3 Å². The van der Waals surface area contributed by atoms with Crippen LogP contribution in [0.5, 0.6) is 0 Å². The summed E-state index contributed by atoms with van der Waals surface area (Å²) in [5.74, 6) is -5.65. The number of nitrogens with one attached hydrogen (secondary N) is 1. The third-order valence-electron chi connectivity index (χ3n) is 10.3. The highest BCUT2D eigenvalue weighted by Gasteiger charge is 2.55. The van der Waals surface area contributed by atoms with Crippen LogP contribution in [0.25, 0.3) is 0 Å². The SMILES string of the molecule is CCN[C@H]1C[C@@H](C)O[C@@H](O[C@@H]2[C@H](C)C(=O)[C@](C)(F)C(=O)OC[C@H]3OC(=O)N(CCCn4ccnc4)[C@H]3[C@@H](C)C(=O)[C@H](C)C[C@@]2(C)OC)[C@@H]1O. The maximum Gasteiger partial charge on any atom is 0.410 e. The van der Waals surface area contributed by atoms with E-state index < -0.39 is 84.1 Å². The number of likely N-dealkylation sites (N-methyl/N-ethyl adjacent to an activating group) is 1. The summed E-state index contributed by atoms with van der Waals surface area (Å²) in [5, 5.41) is 14.4. The number of Topliss-reactive ketones (excluding diaryl/α,β-unsaturated/α-hetero) is 2. The quantitative estimate of drug-likeness (QED) is 0.286. The average molecular weight is 697 g/mol. The Morgan fingerprint density at radius 2 is 1.84 bits per heavy atom. The van der Waals surface area contributed by atoms with E-state index in [1.807, 2.05) is 18.4 Å². The lowest BCUT2D eigenvalue weighted by Crippen LogP contribution is -2.60. The average Bonchev–Trinajstić information content (AvgIpc) is 3.69. The third kappa shape index (κ3) is 8.33. The van der Waals surface area contributed by atoms with Crippen molar-refractivity contribution in [3.63, 3.8) is 0 Å². The van der Waals surface area contributed by atoms with Gasteiger partial charge in [0.05, 0.1) is 30.2 Å². The van der Waals surface area contributed by atoms with Gasteiger partial charge in [0.1, 0.15) is 18.5 Å². The molecule has 0 aliphatic carbocycles. The Kier molecular flexibility index (Phi) is 12.6. The number of carbonyl (C=O) groups is 4. The molecule has 2 N–H and O–H groups in total. The smallest absolute Gasteiger partial charge is 0.410 e. The first-order chi connectivity index (χ1) is 23.0. The Morgan fingerprint density at radius 3 is 2.47 bits per heavy atom. The molecule has 49 heavy (non-hydrogen) atoms. The molecule has 12 atom stereocenters. The molecular formula is C34H53FN4O10. The minimum atomic E-state index is -3.12. The minimum Gasteiger partial charge on any atom is -0.459 e. The topological polar surface area (TPSA) is 168 Å². The number of fused-ring (bicyclic) bond motifs is 1. The number of esters is 1. The maximum atomic E-state index is 16.3. The van der Waals surface area contributed by atoms with Gasteiger partial charge in [0.15, 0.2) is 18.2 Å². The van der Waals surface area contributed by atoms with Crippen LogP contribution in [0.1, 0.15) is 67.7 Å². The normalized spacial score (nSPS) is 39.7. The summed E-state index contributed by atoms with van der Waals surface area (Å²) in [6.45, 7) is 11.8. The first-order valence-electron chi connectivity index (χ1n) is 17.2. The largest absolute Gasteiger partial charge is 0.459 e. The number of imidazole rings is 1. The molecule has 1 aromatic heterocycles. The Balaban J connectivity index is 1.68.